The molecule has 5 nitrogen and oxygen atoms in total. The van der Waals surface area contributed by atoms with Crippen LogP contribution in [-0.2, 0) is 18.9 Å². The summed E-state index contributed by atoms with van der Waals surface area (Å²) in [5, 5.41) is 0. The monoisotopic (exact) mass is 333 g/mol. The molecule has 0 unspecified atom stereocenters. The van der Waals surface area contributed by atoms with Gasteiger partial charge in [-0.05, 0) is 20.5 Å². The minimum atomic E-state index is 0.620. The molecule has 0 aliphatic rings. The van der Waals surface area contributed by atoms with E-state index in [4.69, 9.17) is 18.9 Å². The summed E-state index contributed by atoms with van der Waals surface area (Å²) in [4.78, 5) is 2.10. The zero-order valence-corrected chi connectivity index (χ0v) is 15.7. The molecule has 0 aliphatic heterocycles. The molecule has 0 radical (unpaired) electrons. The summed E-state index contributed by atoms with van der Waals surface area (Å²) in [5.74, 6) is 0. The van der Waals surface area contributed by atoms with E-state index in [1.54, 1.807) is 0 Å². The second-order valence-electron chi connectivity index (χ2n) is 6.02. The van der Waals surface area contributed by atoms with Gasteiger partial charge in [0, 0.05) is 13.2 Å². The average molecular weight is 334 g/mol. The Bertz CT molecular complexity index is 215. The van der Waals surface area contributed by atoms with Gasteiger partial charge in [-0.25, -0.2) is 0 Å². The molecule has 0 bridgehead atoms. The van der Waals surface area contributed by atoms with Crippen LogP contribution >= 0.6 is 0 Å². The van der Waals surface area contributed by atoms with Crippen molar-refractivity contribution in [1.29, 1.82) is 0 Å². The van der Waals surface area contributed by atoms with Gasteiger partial charge in [-0.3, -0.25) is 0 Å². The number of rotatable bonds is 19. The van der Waals surface area contributed by atoms with Gasteiger partial charge in [0.05, 0.1) is 46.2 Å². The molecule has 0 spiro atoms. The molecule has 0 rings (SSSR count). The SMILES string of the molecule is CCCCCCCCOCCOCCOCCOCCN(C)C. The molecule has 0 atom stereocenters. The van der Waals surface area contributed by atoms with Crippen molar-refractivity contribution in [2.45, 2.75) is 45.4 Å². The van der Waals surface area contributed by atoms with Crippen LogP contribution in [-0.4, -0.2) is 78.4 Å². The Kier molecular flexibility index (Phi) is 19.7. The van der Waals surface area contributed by atoms with E-state index in [0.29, 0.717) is 39.6 Å². The fraction of sp³-hybridized carbons (Fsp3) is 1.00. The lowest BCUT2D eigenvalue weighted by atomic mass is 10.1. The molecule has 0 amide bonds. The minimum Gasteiger partial charge on any atom is -0.379 e. The number of ether oxygens (including phenoxy) is 4. The van der Waals surface area contributed by atoms with Crippen LogP contribution < -0.4 is 0 Å². The summed E-state index contributed by atoms with van der Waals surface area (Å²) in [7, 11) is 4.07. The summed E-state index contributed by atoms with van der Waals surface area (Å²) in [6.45, 7) is 8.66. The van der Waals surface area contributed by atoms with Gasteiger partial charge in [-0.15, -0.1) is 0 Å². The molecule has 0 aromatic carbocycles. The topological polar surface area (TPSA) is 40.2 Å². The highest BCUT2D eigenvalue weighted by molar-refractivity contribution is 4.43. The van der Waals surface area contributed by atoms with Gasteiger partial charge in [0.25, 0.3) is 0 Å². The zero-order chi connectivity index (χ0) is 17.0. The van der Waals surface area contributed by atoms with E-state index in [1.165, 1.54) is 38.5 Å². The van der Waals surface area contributed by atoms with Crippen LogP contribution in [0.5, 0.6) is 0 Å². The molecule has 0 fully saturated rings. The summed E-state index contributed by atoms with van der Waals surface area (Å²) in [6.07, 6.45) is 7.82. The third-order valence-electron chi connectivity index (χ3n) is 3.44. The fourth-order valence-electron chi connectivity index (χ4n) is 1.99. The molecule has 5 heteroatoms. The van der Waals surface area contributed by atoms with E-state index < -0.39 is 0 Å². The van der Waals surface area contributed by atoms with Crippen LogP contribution in [0.1, 0.15) is 45.4 Å². The van der Waals surface area contributed by atoms with Gasteiger partial charge in [0.2, 0.25) is 0 Å². The van der Waals surface area contributed by atoms with Crippen LogP contribution in [0, 0.1) is 0 Å². The normalized spacial score (nSPS) is 11.5. The van der Waals surface area contributed by atoms with Gasteiger partial charge in [-0.2, -0.15) is 0 Å². The van der Waals surface area contributed by atoms with Crippen LogP contribution in [0.3, 0.4) is 0 Å². The first-order chi connectivity index (χ1) is 11.3. The van der Waals surface area contributed by atoms with Crippen molar-refractivity contribution in [2.75, 3.05) is 73.5 Å². The van der Waals surface area contributed by atoms with Crippen molar-refractivity contribution in [3.05, 3.63) is 0 Å². The molecule has 0 aromatic heterocycles. The predicted molar refractivity (Wildman–Crippen MR) is 95.2 cm³/mol. The highest BCUT2D eigenvalue weighted by Gasteiger charge is 1.94. The zero-order valence-electron chi connectivity index (χ0n) is 15.7. The van der Waals surface area contributed by atoms with E-state index in [2.05, 4.69) is 11.8 Å². The average Bonchev–Trinajstić information content (AvgIpc) is 2.53. The van der Waals surface area contributed by atoms with Gasteiger partial charge in [0.15, 0.2) is 0 Å². The molecule has 0 N–H and O–H groups in total. The molecule has 0 aliphatic carbocycles. The van der Waals surface area contributed by atoms with E-state index in [1.807, 2.05) is 14.1 Å². The van der Waals surface area contributed by atoms with Crippen LogP contribution in [0.2, 0.25) is 0 Å². The van der Waals surface area contributed by atoms with Gasteiger partial charge in [-0.1, -0.05) is 39.0 Å². The minimum absolute atomic E-state index is 0.620. The summed E-state index contributed by atoms with van der Waals surface area (Å²) in [6, 6.07) is 0. The molecule has 0 saturated carbocycles. The molecular formula is C18H39NO4. The van der Waals surface area contributed by atoms with Crippen LogP contribution in [0.25, 0.3) is 0 Å². The van der Waals surface area contributed by atoms with Crippen LogP contribution in [0.4, 0.5) is 0 Å². The third-order valence-corrected chi connectivity index (χ3v) is 3.44. The lowest BCUT2D eigenvalue weighted by Crippen LogP contribution is -2.19. The van der Waals surface area contributed by atoms with Gasteiger partial charge < -0.3 is 23.8 Å². The first-order valence-corrected chi connectivity index (χ1v) is 9.23. The van der Waals surface area contributed by atoms with Crippen molar-refractivity contribution < 1.29 is 18.9 Å². The maximum atomic E-state index is 5.54. The Hall–Kier alpha value is -0.200. The summed E-state index contributed by atoms with van der Waals surface area (Å²) < 4.78 is 21.9. The maximum Gasteiger partial charge on any atom is 0.0701 e. The number of nitrogens with zero attached hydrogens (tertiary/aromatic N) is 1. The number of likely N-dealkylation sites (N-methyl/N-ethyl adjacent to an activating group) is 1. The lowest BCUT2D eigenvalue weighted by molar-refractivity contribution is -0.00325. The van der Waals surface area contributed by atoms with Gasteiger partial charge in [0.1, 0.15) is 0 Å². The predicted octanol–water partition coefficient (Wildman–Crippen LogP) is 2.97. The Morgan fingerprint density at radius 1 is 0.522 bits per heavy atom. The third kappa shape index (κ3) is 21.8. The smallest absolute Gasteiger partial charge is 0.0701 e. The van der Waals surface area contributed by atoms with E-state index in [0.717, 1.165) is 19.8 Å². The van der Waals surface area contributed by atoms with Crippen LogP contribution in [0.15, 0.2) is 0 Å². The standard InChI is InChI=1S/C18H39NO4/c1-4-5-6-7-8-9-11-20-13-15-22-17-18-23-16-14-21-12-10-19(2)3/h4-18H2,1-3H3. The summed E-state index contributed by atoms with van der Waals surface area (Å²) in [5.41, 5.74) is 0. The lowest BCUT2D eigenvalue weighted by Gasteiger charge is -2.10. The molecule has 0 aromatic rings. The van der Waals surface area contributed by atoms with Gasteiger partial charge >= 0.3 is 0 Å². The number of hydrogen-bond acceptors (Lipinski definition) is 5. The highest BCUT2D eigenvalue weighted by atomic mass is 16.6. The molecule has 0 saturated heterocycles. The Labute approximate surface area is 143 Å². The highest BCUT2D eigenvalue weighted by Crippen LogP contribution is 2.04. The van der Waals surface area contributed by atoms with Crippen molar-refractivity contribution in [3.63, 3.8) is 0 Å². The second kappa shape index (κ2) is 19.8. The Morgan fingerprint density at radius 2 is 0.957 bits per heavy atom. The number of unbranched alkanes of at least 4 members (excludes halogenated alkanes) is 5. The van der Waals surface area contributed by atoms with Crippen molar-refractivity contribution in [1.82, 2.24) is 4.90 Å². The second-order valence-corrected chi connectivity index (χ2v) is 6.02. The molecular weight excluding hydrogens is 294 g/mol. The van der Waals surface area contributed by atoms with Crippen molar-refractivity contribution in [3.8, 4) is 0 Å². The number of hydrogen-bond donors (Lipinski definition) is 0. The summed E-state index contributed by atoms with van der Waals surface area (Å²) >= 11 is 0. The molecule has 23 heavy (non-hydrogen) atoms. The van der Waals surface area contributed by atoms with E-state index >= 15 is 0 Å². The van der Waals surface area contributed by atoms with Crippen molar-refractivity contribution in [2.24, 2.45) is 0 Å². The largest absolute Gasteiger partial charge is 0.379 e. The maximum absolute atomic E-state index is 5.54. The van der Waals surface area contributed by atoms with Crippen molar-refractivity contribution >= 4 is 0 Å². The molecule has 140 valence electrons. The Balaban J connectivity index is 2.95. The van der Waals surface area contributed by atoms with E-state index in [9.17, 15) is 0 Å². The molecule has 0 heterocycles. The van der Waals surface area contributed by atoms with E-state index in [-0.39, 0.29) is 0 Å². The fourth-order valence-corrected chi connectivity index (χ4v) is 1.99. The first kappa shape index (κ1) is 22.8. The Morgan fingerprint density at radius 3 is 1.48 bits per heavy atom. The quantitative estimate of drug-likeness (QED) is 0.340. The first-order valence-electron chi connectivity index (χ1n) is 9.23.